The van der Waals surface area contributed by atoms with Gasteiger partial charge in [-0.3, -0.25) is 0 Å². The van der Waals surface area contributed by atoms with Crippen LogP contribution < -0.4 is 10.2 Å². The summed E-state index contributed by atoms with van der Waals surface area (Å²) in [5.74, 6) is 0.650. The molecule has 2 rings (SSSR count). The molecule has 0 atom stereocenters. The Labute approximate surface area is 119 Å². The lowest BCUT2D eigenvalue weighted by atomic mass is 10.2. The standard InChI is InChI=1S/C16H20FN3/c1-12(2)19-11-13-5-4-10-18-16(13)20(3)15-8-6-14(17)7-9-15/h4-10,12,19H,11H2,1-3H3. The third-order valence-corrected chi connectivity index (χ3v) is 3.10. The van der Waals surface area contributed by atoms with Crippen molar-refractivity contribution in [1.82, 2.24) is 10.3 Å². The van der Waals surface area contributed by atoms with Crippen LogP contribution in [0, 0.1) is 5.82 Å². The van der Waals surface area contributed by atoms with Gasteiger partial charge in [-0.25, -0.2) is 9.37 Å². The van der Waals surface area contributed by atoms with Gasteiger partial charge in [0.15, 0.2) is 0 Å². The van der Waals surface area contributed by atoms with Crippen LogP contribution in [0.25, 0.3) is 0 Å². The van der Waals surface area contributed by atoms with Crippen molar-refractivity contribution in [2.45, 2.75) is 26.4 Å². The van der Waals surface area contributed by atoms with Crippen LogP contribution >= 0.6 is 0 Å². The van der Waals surface area contributed by atoms with Crippen LogP contribution in [0.3, 0.4) is 0 Å². The van der Waals surface area contributed by atoms with Crippen molar-refractivity contribution < 1.29 is 4.39 Å². The van der Waals surface area contributed by atoms with E-state index in [0.29, 0.717) is 6.04 Å². The predicted molar refractivity (Wildman–Crippen MR) is 80.7 cm³/mol. The fraction of sp³-hybridized carbons (Fsp3) is 0.312. The molecule has 0 radical (unpaired) electrons. The number of benzene rings is 1. The molecule has 3 nitrogen and oxygen atoms in total. The first kappa shape index (κ1) is 14.5. The molecule has 0 aliphatic heterocycles. The van der Waals surface area contributed by atoms with Crippen molar-refractivity contribution >= 4 is 11.5 Å². The molecule has 2 aromatic rings. The molecule has 0 amide bonds. The highest BCUT2D eigenvalue weighted by Gasteiger charge is 2.10. The lowest BCUT2D eigenvalue weighted by molar-refractivity contribution is 0.588. The summed E-state index contributed by atoms with van der Waals surface area (Å²) in [5.41, 5.74) is 2.03. The molecule has 1 aromatic carbocycles. The maximum atomic E-state index is 13.0. The van der Waals surface area contributed by atoms with Gasteiger partial charge in [-0.05, 0) is 30.3 Å². The van der Waals surface area contributed by atoms with Gasteiger partial charge in [0.2, 0.25) is 0 Å². The molecule has 0 saturated carbocycles. The summed E-state index contributed by atoms with van der Waals surface area (Å²) >= 11 is 0. The molecule has 20 heavy (non-hydrogen) atoms. The zero-order valence-corrected chi connectivity index (χ0v) is 12.1. The molecule has 0 saturated heterocycles. The van der Waals surface area contributed by atoms with Crippen LogP contribution in [0.5, 0.6) is 0 Å². The van der Waals surface area contributed by atoms with Crippen molar-refractivity contribution in [2.24, 2.45) is 0 Å². The molecule has 1 N–H and O–H groups in total. The lowest BCUT2D eigenvalue weighted by Crippen LogP contribution is -2.23. The van der Waals surface area contributed by atoms with Crippen molar-refractivity contribution in [2.75, 3.05) is 11.9 Å². The summed E-state index contributed by atoms with van der Waals surface area (Å²) in [5, 5.41) is 3.39. The van der Waals surface area contributed by atoms with E-state index in [1.54, 1.807) is 18.3 Å². The Morgan fingerprint density at radius 2 is 1.90 bits per heavy atom. The Morgan fingerprint density at radius 1 is 1.20 bits per heavy atom. The van der Waals surface area contributed by atoms with Crippen LogP contribution in [0.1, 0.15) is 19.4 Å². The monoisotopic (exact) mass is 273 g/mol. The van der Waals surface area contributed by atoms with Crippen LogP contribution in [-0.2, 0) is 6.54 Å². The Hall–Kier alpha value is -1.94. The van der Waals surface area contributed by atoms with E-state index in [1.165, 1.54) is 12.1 Å². The van der Waals surface area contributed by atoms with Crippen molar-refractivity contribution in [3.8, 4) is 0 Å². The highest BCUT2D eigenvalue weighted by Crippen LogP contribution is 2.24. The van der Waals surface area contributed by atoms with Gasteiger partial charge in [0.1, 0.15) is 11.6 Å². The fourth-order valence-electron chi connectivity index (χ4n) is 1.97. The van der Waals surface area contributed by atoms with Gasteiger partial charge in [-0.1, -0.05) is 19.9 Å². The van der Waals surface area contributed by atoms with Crippen LogP contribution in [0.15, 0.2) is 42.6 Å². The van der Waals surface area contributed by atoms with E-state index in [9.17, 15) is 4.39 Å². The predicted octanol–water partition coefficient (Wildman–Crippen LogP) is 3.49. The highest BCUT2D eigenvalue weighted by atomic mass is 19.1. The van der Waals surface area contributed by atoms with Crippen LogP contribution in [0.4, 0.5) is 15.9 Å². The minimum absolute atomic E-state index is 0.232. The number of aromatic nitrogens is 1. The van der Waals surface area contributed by atoms with E-state index in [1.807, 2.05) is 18.0 Å². The molecule has 0 fully saturated rings. The van der Waals surface area contributed by atoms with Gasteiger partial charge in [0.05, 0.1) is 0 Å². The number of nitrogens with zero attached hydrogens (tertiary/aromatic N) is 2. The van der Waals surface area contributed by atoms with E-state index in [0.717, 1.165) is 23.6 Å². The summed E-state index contributed by atoms with van der Waals surface area (Å²) < 4.78 is 13.0. The fourth-order valence-corrected chi connectivity index (χ4v) is 1.97. The molecule has 0 bridgehead atoms. The summed E-state index contributed by atoms with van der Waals surface area (Å²) in [6.07, 6.45) is 1.77. The maximum absolute atomic E-state index is 13.0. The molecule has 0 spiro atoms. The van der Waals surface area contributed by atoms with Gasteiger partial charge in [0.25, 0.3) is 0 Å². The summed E-state index contributed by atoms with van der Waals surface area (Å²) in [4.78, 5) is 6.42. The van der Waals surface area contributed by atoms with Crippen molar-refractivity contribution in [3.63, 3.8) is 0 Å². The molecule has 4 heteroatoms. The number of nitrogens with one attached hydrogen (secondary N) is 1. The van der Waals surface area contributed by atoms with E-state index >= 15 is 0 Å². The van der Waals surface area contributed by atoms with Crippen molar-refractivity contribution in [3.05, 3.63) is 54.0 Å². The molecule has 0 aliphatic rings. The first-order valence-electron chi connectivity index (χ1n) is 6.74. The number of hydrogen-bond donors (Lipinski definition) is 1. The van der Waals surface area contributed by atoms with Crippen LogP contribution in [-0.4, -0.2) is 18.1 Å². The van der Waals surface area contributed by atoms with E-state index in [-0.39, 0.29) is 5.82 Å². The van der Waals surface area contributed by atoms with Crippen LogP contribution in [0.2, 0.25) is 0 Å². The molecular weight excluding hydrogens is 253 g/mol. The van der Waals surface area contributed by atoms with Gasteiger partial charge in [-0.2, -0.15) is 0 Å². The van der Waals surface area contributed by atoms with E-state index < -0.39 is 0 Å². The van der Waals surface area contributed by atoms with Gasteiger partial charge in [0, 0.05) is 37.1 Å². The van der Waals surface area contributed by atoms with Gasteiger partial charge in [-0.15, -0.1) is 0 Å². The first-order valence-corrected chi connectivity index (χ1v) is 6.74. The molecule has 0 unspecified atom stereocenters. The number of rotatable bonds is 5. The third kappa shape index (κ3) is 3.54. The average molecular weight is 273 g/mol. The molecular formula is C16H20FN3. The number of anilines is 2. The lowest BCUT2D eigenvalue weighted by Gasteiger charge is -2.22. The highest BCUT2D eigenvalue weighted by molar-refractivity contribution is 5.61. The Morgan fingerprint density at radius 3 is 2.55 bits per heavy atom. The second-order valence-electron chi connectivity index (χ2n) is 5.06. The molecule has 1 heterocycles. The van der Waals surface area contributed by atoms with E-state index in [4.69, 9.17) is 0 Å². The Bertz CT molecular complexity index is 552. The minimum atomic E-state index is -0.232. The first-order chi connectivity index (χ1) is 9.58. The molecule has 106 valence electrons. The zero-order valence-electron chi connectivity index (χ0n) is 12.1. The van der Waals surface area contributed by atoms with E-state index in [2.05, 4.69) is 30.2 Å². The molecule has 1 aromatic heterocycles. The quantitative estimate of drug-likeness (QED) is 0.904. The number of hydrogen-bond acceptors (Lipinski definition) is 3. The topological polar surface area (TPSA) is 28.2 Å². The average Bonchev–Trinajstić information content (AvgIpc) is 2.45. The number of halogens is 1. The van der Waals surface area contributed by atoms with Gasteiger partial charge < -0.3 is 10.2 Å². The third-order valence-electron chi connectivity index (χ3n) is 3.10. The summed E-state index contributed by atoms with van der Waals surface area (Å²) in [6.45, 7) is 4.98. The zero-order chi connectivity index (χ0) is 14.5. The minimum Gasteiger partial charge on any atom is -0.329 e. The smallest absolute Gasteiger partial charge is 0.137 e. The SMILES string of the molecule is CC(C)NCc1cccnc1N(C)c1ccc(F)cc1. The number of pyridine rings is 1. The normalized spacial score (nSPS) is 10.8. The summed E-state index contributed by atoms with van der Waals surface area (Å²) in [6, 6.07) is 10.8. The second kappa shape index (κ2) is 6.48. The largest absolute Gasteiger partial charge is 0.329 e. The maximum Gasteiger partial charge on any atom is 0.137 e. The van der Waals surface area contributed by atoms with Crippen molar-refractivity contribution in [1.29, 1.82) is 0 Å². The van der Waals surface area contributed by atoms with Gasteiger partial charge >= 0.3 is 0 Å². The Kier molecular flexibility index (Phi) is 4.69. The summed E-state index contributed by atoms with van der Waals surface area (Å²) in [7, 11) is 1.94. The second-order valence-corrected chi connectivity index (χ2v) is 5.06. The molecule has 0 aliphatic carbocycles. The Balaban J connectivity index is 2.24.